The topological polar surface area (TPSA) is 60.9 Å². The predicted molar refractivity (Wildman–Crippen MR) is 114 cm³/mol. The van der Waals surface area contributed by atoms with Crippen molar-refractivity contribution in [2.75, 3.05) is 39.8 Å². The Morgan fingerprint density at radius 1 is 1.03 bits per heavy atom. The fraction of sp³-hybridized carbons (Fsp3) is 0.476. The van der Waals surface area contributed by atoms with Crippen molar-refractivity contribution < 1.29 is 13.2 Å². The molecule has 8 heteroatoms. The van der Waals surface area contributed by atoms with Crippen molar-refractivity contribution in [1.29, 1.82) is 0 Å². The highest BCUT2D eigenvalue weighted by Gasteiger charge is 2.38. The second kappa shape index (κ2) is 8.55. The molecule has 2 aliphatic rings. The number of sulfonamides is 1. The molecule has 1 amide bonds. The molecule has 4 rings (SSSR count). The summed E-state index contributed by atoms with van der Waals surface area (Å²) in [4.78, 5) is 17.7. The Labute approximate surface area is 176 Å². The van der Waals surface area contributed by atoms with Crippen LogP contribution in [-0.4, -0.2) is 68.2 Å². The van der Waals surface area contributed by atoms with Gasteiger partial charge in [-0.1, -0.05) is 36.4 Å². The van der Waals surface area contributed by atoms with Crippen LogP contribution in [0.3, 0.4) is 0 Å². The van der Waals surface area contributed by atoms with Crippen molar-refractivity contribution >= 4 is 27.3 Å². The van der Waals surface area contributed by atoms with Gasteiger partial charge in [0.25, 0.3) is 10.0 Å². The van der Waals surface area contributed by atoms with E-state index in [9.17, 15) is 13.2 Å². The Bertz CT molecular complexity index is 931. The summed E-state index contributed by atoms with van der Waals surface area (Å²) >= 11 is 1.23. The van der Waals surface area contributed by atoms with Crippen molar-refractivity contribution in [2.45, 2.75) is 23.1 Å². The lowest BCUT2D eigenvalue weighted by atomic mass is 9.95. The number of likely N-dealkylation sites (N-methyl/N-ethyl adjacent to an activating group) is 1. The van der Waals surface area contributed by atoms with Crippen LogP contribution in [0.25, 0.3) is 0 Å². The highest BCUT2D eigenvalue weighted by atomic mass is 32.2. The van der Waals surface area contributed by atoms with Crippen LogP contribution in [0.15, 0.2) is 52.1 Å². The van der Waals surface area contributed by atoms with E-state index in [4.69, 9.17) is 0 Å². The van der Waals surface area contributed by atoms with Crippen LogP contribution in [0.2, 0.25) is 0 Å². The summed E-state index contributed by atoms with van der Waals surface area (Å²) in [5.41, 5.74) is 1.13. The molecule has 0 radical (unpaired) electrons. The minimum Gasteiger partial charge on any atom is -0.333 e. The van der Waals surface area contributed by atoms with E-state index >= 15 is 0 Å². The Morgan fingerprint density at radius 3 is 2.55 bits per heavy atom. The zero-order valence-electron chi connectivity index (χ0n) is 16.6. The van der Waals surface area contributed by atoms with Crippen molar-refractivity contribution in [3.63, 3.8) is 0 Å². The number of rotatable bonds is 4. The number of piperazine rings is 1. The van der Waals surface area contributed by atoms with Gasteiger partial charge in [-0.2, -0.15) is 4.31 Å². The van der Waals surface area contributed by atoms with Crippen LogP contribution >= 0.6 is 11.3 Å². The normalized spacial score (nSPS) is 24.5. The second-order valence-electron chi connectivity index (χ2n) is 7.85. The van der Waals surface area contributed by atoms with E-state index in [2.05, 4.69) is 24.1 Å². The van der Waals surface area contributed by atoms with Gasteiger partial charge in [-0.05, 0) is 36.9 Å². The lowest BCUT2D eigenvalue weighted by molar-refractivity contribution is -0.141. The van der Waals surface area contributed by atoms with Crippen LogP contribution in [0.5, 0.6) is 0 Å². The zero-order chi connectivity index (χ0) is 20.4. The van der Waals surface area contributed by atoms with E-state index in [-0.39, 0.29) is 24.4 Å². The number of thiophene rings is 1. The highest BCUT2D eigenvalue weighted by Crippen LogP contribution is 2.31. The molecule has 29 heavy (non-hydrogen) atoms. The summed E-state index contributed by atoms with van der Waals surface area (Å²) in [5, 5.41) is 1.77. The van der Waals surface area contributed by atoms with Gasteiger partial charge in [-0.25, -0.2) is 8.42 Å². The first-order chi connectivity index (χ1) is 14.0. The fourth-order valence-electron chi connectivity index (χ4n) is 4.28. The van der Waals surface area contributed by atoms with E-state index < -0.39 is 10.0 Å². The molecule has 2 atom stereocenters. The molecule has 0 bridgehead atoms. The van der Waals surface area contributed by atoms with Crippen molar-refractivity contribution in [2.24, 2.45) is 5.92 Å². The van der Waals surface area contributed by atoms with Gasteiger partial charge in [-0.15, -0.1) is 11.3 Å². The van der Waals surface area contributed by atoms with Crippen LogP contribution in [0.1, 0.15) is 24.4 Å². The third kappa shape index (κ3) is 4.26. The molecule has 0 saturated carbocycles. The first-order valence-electron chi connectivity index (χ1n) is 10.0. The molecule has 1 aromatic carbocycles. The first-order valence-corrected chi connectivity index (χ1v) is 12.4. The first kappa shape index (κ1) is 20.5. The number of carbonyl (C=O) groups excluding carboxylic acids is 1. The van der Waals surface area contributed by atoms with E-state index in [0.717, 1.165) is 25.1 Å². The number of nitrogens with zero attached hydrogens (tertiary/aromatic N) is 3. The Kier molecular flexibility index (Phi) is 6.06. The van der Waals surface area contributed by atoms with E-state index in [1.807, 2.05) is 23.1 Å². The zero-order valence-corrected chi connectivity index (χ0v) is 18.2. The van der Waals surface area contributed by atoms with Gasteiger partial charge >= 0.3 is 0 Å². The smallest absolute Gasteiger partial charge is 0.252 e. The Balaban J connectivity index is 1.53. The van der Waals surface area contributed by atoms with Gasteiger partial charge < -0.3 is 9.80 Å². The average Bonchev–Trinajstić information content (AvgIpc) is 3.30. The van der Waals surface area contributed by atoms with Crippen molar-refractivity contribution in [3.05, 3.63) is 53.4 Å². The molecule has 0 N–H and O–H groups in total. The molecule has 2 aliphatic heterocycles. The van der Waals surface area contributed by atoms with Crippen LogP contribution in [0.4, 0.5) is 0 Å². The summed E-state index contributed by atoms with van der Waals surface area (Å²) in [6.07, 6.45) is 1.45. The summed E-state index contributed by atoms with van der Waals surface area (Å²) < 4.78 is 27.7. The maximum atomic E-state index is 13.5. The molecular weight excluding hydrogens is 406 g/mol. The summed E-state index contributed by atoms with van der Waals surface area (Å²) in [7, 11) is -1.44. The molecule has 3 heterocycles. The maximum Gasteiger partial charge on any atom is 0.252 e. The number of amides is 1. The summed E-state index contributed by atoms with van der Waals surface area (Å²) in [6, 6.07) is 13.5. The van der Waals surface area contributed by atoms with E-state index in [0.29, 0.717) is 23.7 Å². The highest BCUT2D eigenvalue weighted by molar-refractivity contribution is 7.91. The molecule has 2 aromatic rings. The molecule has 2 fully saturated rings. The van der Waals surface area contributed by atoms with E-state index in [1.165, 1.54) is 15.6 Å². The third-order valence-electron chi connectivity index (χ3n) is 5.87. The Hall–Kier alpha value is -1.74. The quantitative estimate of drug-likeness (QED) is 0.744. The average molecular weight is 434 g/mol. The Morgan fingerprint density at radius 2 is 1.83 bits per heavy atom. The molecule has 0 spiro atoms. The number of hydrogen-bond donors (Lipinski definition) is 0. The minimum atomic E-state index is -3.52. The summed E-state index contributed by atoms with van der Waals surface area (Å²) in [5.74, 6) is -0.203. The molecule has 1 aromatic heterocycles. The van der Waals surface area contributed by atoms with Crippen molar-refractivity contribution in [1.82, 2.24) is 14.1 Å². The van der Waals surface area contributed by atoms with Gasteiger partial charge in [0.15, 0.2) is 0 Å². The van der Waals surface area contributed by atoms with Crippen LogP contribution in [-0.2, 0) is 14.8 Å². The number of hydrogen-bond acceptors (Lipinski definition) is 5. The number of benzene rings is 1. The van der Waals surface area contributed by atoms with E-state index in [1.54, 1.807) is 17.5 Å². The fourth-order valence-corrected chi connectivity index (χ4v) is 6.95. The van der Waals surface area contributed by atoms with Crippen molar-refractivity contribution in [3.8, 4) is 0 Å². The van der Waals surface area contributed by atoms with Gasteiger partial charge in [0, 0.05) is 32.7 Å². The number of carbonyl (C=O) groups is 1. The maximum absolute atomic E-state index is 13.5. The monoisotopic (exact) mass is 433 g/mol. The molecule has 2 unspecified atom stereocenters. The lowest BCUT2D eigenvalue weighted by Crippen LogP contribution is -2.53. The molecule has 6 nitrogen and oxygen atoms in total. The van der Waals surface area contributed by atoms with Gasteiger partial charge in [-0.3, -0.25) is 4.79 Å². The summed E-state index contributed by atoms with van der Waals surface area (Å²) in [6.45, 7) is 3.05. The largest absolute Gasteiger partial charge is 0.333 e. The van der Waals surface area contributed by atoms with Gasteiger partial charge in [0.2, 0.25) is 5.91 Å². The third-order valence-corrected chi connectivity index (χ3v) is 9.11. The molecular formula is C21H27N3O3S2. The SMILES string of the molecule is CN1CCN(C(=O)C2CCCN(S(=O)(=O)c3cccs3)C2)C(c2ccccc2)C1. The van der Waals surface area contributed by atoms with Gasteiger partial charge in [0.1, 0.15) is 4.21 Å². The second-order valence-corrected chi connectivity index (χ2v) is 11.0. The molecule has 0 aliphatic carbocycles. The number of piperidine rings is 1. The minimum absolute atomic E-state index is 0.00623. The van der Waals surface area contributed by atoms with Crippen LogP contribution < -0.4 is 0 Å². The predicted octanol–water partition coefficient (Wildman–Crippen LogP) is 2.66. The van der Waals surface area contributed by atoms with Gasteiger partial charge in [0.05, 0.1) is 12.0 Å². The lowest BCUT2D eigenvalue weighted by Gasteiger charge is -2.43. The van der Waals surface area contributed by atoms with Crippen LogP contribution in [0, 0.1) is 5.92 Å². The molecule has 156 valence electrons. The standard InChI is InChI=1S/C21H27N3O3S2/c1-22-12-13-24(19(16-22)17-7-3-2-4-8-17)21(25)18-9-5-11-23(15-18)29(26,27)20-10-6-14-28-20/h2-4,6-8,10,14,18-19H,5,9,11-13,15-16H2,1H3. The molecule has 2 saturated heterocycles.